The molecule has 4 rings (SSSR count). The number of nitrogens with zero attached hydrogens (tertiary/aromatic N) is 1. The van der Waals surface area contributed by atoms with Crippen LogP contribution in [-0.4, -0.2) is 43.8 Å². The van der Waals surface area contributed by atoms with Crippen LogP contribution in [0, 0.1) is 13.8 Å². The van der Waals surface area contributed by atoms with Crippen molar-refractivity contribution in [1.82, 2.24) is 4.57 Å². The fraction of sp³-hybridized carbons (Fsp3) is 0.179. The number of methoxy groups -OCH3 is 3. The van der Waals surface area contributed by atoms with Crippen LogP contribution >= 0.6 is 0 Å². The van der Waals surface area contributed by atoms with Gasteiger partial charge in [-0.3, -0.25) is 0 Å². The number of carbonyl (C=O) groups excluding carboxylic acids is 3. The molecule has 0 bridgehead atoms. The third kappa shape index (κ3) is 3.95. The zero-order valence-electron chi connectivity index (χ0n) is 20.2. The average Bonchev–Trinajstić information content (AvgIpc) is 3.21. The summed E-state index contributed by atoms with van der Waals surface area (Å²) in [5.74, 6) is -2.02. The van der Waals surface area contributed by atoms with Gasteiger partial charge in [0.25, 0.3) is 0 Å². The fourth-order valence-corrected chi connectivity index (χ4v) is 4.48. The van der Waals surface area contributed by atoms with E-state index < -0.39 is 17.9 Å². The van der Waals surface area contributed by atoms with E-state index in [4.69, 9.17) is 14.2 Å². The lowest BCUT2D eigenvalue weighted by molar-refractivity contribution is -0.136. The molecule has 2 aromatic rings. The number of esters is 3. The molecular formula is C28H25NO6. The Bertz CT molecular complexity index is 1460. The molecule has 0 aliphatic heterocycles. The SMILES string of the molecule is COC(=O)C=C(C(=O)OC)c1c2c(C(=O)OC)c3cccccc-3c2c(C)n1-c1ccc(C)cc1. The Kier molecular flexibility index (Phi) is 6.42. The van der Waals surface area contributed by atoms with Gasteiger partial charge in [-0.2, -0.15) is 0 Å². The number of ether oxygens (including phenoxy) is 3. The van der Waals surface area contributed by atoms with Crippen LogP contribution in [0.25, 0.3) is 33.2 Å². The normalized spacial score (nSPS) is 11.5. The molecule has 7 nitrogen and oxygen atoms in total. The van der Waals surface area contributed by atoms with Gasteiger partial charge in [0.05, 0.1) is 38.2 Å². The first-order valence-electron chi connectivity index (χ1n) is 10.9. The van der Waals surface area contributed by atoms with E-state index in [1.165, 1.54) is 21.3 Å². The summed E-state index contributed by atoms with van der Waals surface area (Å²) < 4.78 is 16.9. The van der Waals surface area contributed by atoms with E-state index in [0.29, 0.717) is 22.2 Å². The van der Waals surface area contributed by atoms with E-state index in [9.17, 15) is 14.4 Å². The highest BCUT2D eigenvalue weighted by Crippen LogP contribution is 2.46. The summed E-state index contributed by atoms with van der Waals surface area (Å²) in [4.78, 5) is 38.5. The maximum Gasteiger partial charge on any atom is 0.340 e. The Hall–Kier alpha value is -4.39. The van der Waals surface area contributed by atoms with Crippen molar-refractivity contribution < 1.29 is 28.6 Å². The summed E-state index contributed by atoms with van der Waals surface area (Å²) >= 11 is 0. The Balaban J connectivity index is 2.29. The Morgan fingerprint density at radius 2 is 1.43 bits per heavy atom. The lowest BCUT2D eigenvalue weighted by atomic mass is 10.0. The van der Waals surface area contributed by atoms with Gasteiger partial charge in [-0.25, -0.2) is 14.4 Å². The van der Waals surface area contributed by atoms with Gasteiger partial charge in [0.15, 0.2) is 0 Å². The first kappa shape index (κ1) is 23.8. The molecule has 7 heteroatoms. The summed E-state index contributed by atoms with van der Waals surface area (Å²) in [5, 5.41) is 1.27. The molecule has 0 fully saturated rings. The molecule has 35 heavy (non-hydrogen) atoms. The minimum Gasteiger partial charge on any atom is -0.466 e. The first-order chi connectivity index (χ1) is 16.8. The van der Waals surface area contributed by atoms with Crippen LogP contribution in [0.2, 0.25) is 0 Å². The monoisotopic (exact) mass is 471 g/mol. The van der Waals surface area contributed by atoms with Gasteiger partial charge >= 0.3 is 17.9 Å². The van der Waals surface area contributed by atoms with Crippen LogP contribution in [0.1, 0.15) is 27.3 Å². The van der Waals surface area contributed by atoms with E-state index in [1.807, 2.05) is 73.0 Å². The number of aromatic nitrogens is 1. The van der Waals surface area contributed by atoms with Crippen molar-refractivity contribution in [2.24, 2.45) is 0 Å². The molecular weight excluding hydrogens is 446 g/mol. The Morgan fingerprint density at radius 3 is 2.03 bits per heavy atom. The number of fused-ring (bicyclic) bond motifs is 3. The standard InChI is InChI=1S/C28H25NO6/c1-16-11-13-18(14-12-16)29-17(2)23-19-9-7-6-8-10-20(19)24(28(32)35-5)25(23)26(29)21(27(31)34-4)15-22(30)33-3/h6-15H,1-5H3. The topological polar surface area (TPSA) is 83.8 Å². The van der Waals surface area contributed by atoms with Crippen molar-refractivity contribution in [3.63, 3.8) is 0 Å². The highest BCUT2D eigenvalue weighted by Gasteiger charge is 2.33. The number of benzene rings is 1. The van der Waals surface area contributed by atoms with E-state index in [-0.39, 0.29) is 5.57 Å². The Morgan fingerprint density at radius 1 is 0.771 bits per heavy atom. The van der Waals surface area contributed by atoms with Gasteiger partial charge in [0, 0.05) is 28.2 Å². The molecule has 1 aromatic carbocycles. The molecule has 0 spiro atoms. The second kappa shape index (κ2) is 9.46. The second-order valence-electron chi connectivity index (χ2n) is 8.03. The number of hydrogen-bond acceptors (Lipinski definition) is 6. The molecule has 2 aliphatic rings. The molecule has 0 saturated carbocycles. The summed E-state index contributed by atoms with van der Waals surface area (Å²) in [6.07, 6.45) is 1.09. The lowest BCUT2D eigenvalue weighted by Gasteiger charge is -2.15. The second-order valence-corrected chi connectivity index (χ2v) is 8.03. The van der Waals surface area contributed by atoms with Crippen molar-refractivity contribution in [3.05, 3.63) is 83.2 Å². The van der Waals surface area contributed by atoms with Crippen molar-refractivity contribution in [2.75, 3.05) is 21.3 Å². The smallest absolute Gasteiger partial charge is 0.340 e. The van der Waals surface area contributed by atoms with Crippen molar-refractivity contribution in [1.29, 1.82) is 0 Å². The van der Waals surface area contributed by atoms with Crippen LogP contribution in [0.4, 0.5) is 0 Å². The maximum absolute atomic E-state index is 13.1. The van der Waals surface area contributed by atoms with Gasteiger partial charge in [-0.15, -0.1) is 0 Å². The molecule has 1 aromatic heterocycles. The molecule has 0 N–H and O–H groups in total. The highest BCUT2D eigenvalue weighted by molar-refractivity contribution is 6.29. The average molecular weight is 472 g/mol. The van der Waals surface area contributed by atoms with Gasteiger partial charge in [0.1, 0.15) is 0 Å². The number of aryl methyl sites for hydroxylation is 2. The largest absolute Gasteiger partial charge is 0.466 e. The van der Waals surface area contributed by atoms with E-state index in [1.54, 1.807) is 0 Å². The fourth-order valence-electron chi connectivity index (χ4n) is 4.48. The predicted octanol–water partition coefficient (Wildman–Crippen LogP) is 4.87. The summed E-state index contributed by atoms with van der Waals surface area (Å²) in [7, 11) is 3.77. The minimum atomic E-state index is -0.741. The third-order valence-electron chi connectivity index (χ3n) is 6.04. The molecule has 0 unspecified atom stereocenters. The molecule has 0 saturated heterocycles. The van der Waals surface area contributed by atoms with Gasteiger partial charge < -0.3 is 18.8 Å². The number of carbonyl (C=O) groups is 3. The van der Waals surface area contributed by atoms with Crippen molar-refractivity contribution in [3.8, 4) is 16.8 Å². The van der Waals surface area contributed by atoms with E-state index in [2.05, 4.69) is 0 Å². The van der Waals surface area contributed by atoms with Crippen LogP contribution in [0.15, 0.2) is 60.7 Å². The zero-order chi connectivity index (χ0) is 25.3. The molecule has 2 aliphatic carbocycles. The van der Waals surface area contributed by atoms with Crippen LogP contribution in [0.3, 0.4) is 0 Å². The minimum absolute atomic E-state index is 0.0390. The van der Waals surface area contributed by atoms with E-state index >= 15 is 0 Å². The molecule has 178 valence electrons. The number of hydrogen-bond donors (Lipinski definition) is 0. The van der Waals surface area contributed by atoms with Gasteiger partial charge in [0.2, 0.25) is 0 Å². The van der Waals surface area contributed by atoms with Crippen LogP contribution in [0.5, 0.6) is 0 Å². The maximum atomic E-state index is 13.1. The van der Waals surface area contributed by atoms with Gasteiger partial charge in [-0.1, -0.05) is 48.0 Å². The first-order valence-corrected chi connectivity index (χ1v) is 10.9. The summed E-state index contributed by atoms with van der Waals surface area (Å²) in [5.41, 5.74) is 4.70. The van der Waals surface area contributed by atoms with Crippen molar-refractivity contribution >= 4 is 34.3 Å². The van der Waals surface area contributed by atoms with Crippen LogP contribution < -0.4 is 0 Å². The summed E-state index contributed by atoms with van der Waals surface area (Å²) in [6, 6.07) is 17.1. The Labute approximate surface area is 202 Å². The van der Waals surface area contributed by atoms with Gasteiger partial charge in [-0.05, 0) is 37.1 Å². The predicted molar refractivity (Wildman–Crippen MR) is 133 cm³/mol. The van der Waals surface area contributed by atoms with E-state index in [0.717, 1.165) is 34.0 Å². The van der Waals surface area contributed by atoms with Crippen molar-refractivity contribution in [2.45, 2.75) is 13.8 Å². The summed E-state index contributed by atoms with van der Waals surface area (Å²) in [6.45, 7) is 3.88. The molecule has 0 radical (unpaired) electrons. The third-order valence-corrected chi connectivity index (χ3v) is 6.04. The highest BCUT2D eigenvalue weighted by atomic mass is 16.5. The molecule has 0 atom stereocenters. The molecule has 0 amide bonds. The van der Waals surface area contributed by atoms with Crippen LogP contribution in [-0.2, 0) is 23.8 Å². The number of rotatable bonds is 5. The molecule has 1 heterocycles. The quantitative estimate of drug-likeness (QED) is 0.235. The lowest BCUT2D eigenvalue weighted by Crippen LogP contribution is -2.13. The zero-order valence-corrected chi connectivity index (χ0v) is 20.2.